The molecule has 38 heavy (non-hydrogen) atoms. The summed E-state index contributed by atoms with van der Waals surface area (Å²) in [6, 6.07) is 39.4. The molecule has 0 saturated carbocycles. The van der Waals surface area contributed by atoms with E-state index < -0.39 is 0 Å². The van der Waals surface area contributed by atoms with Crippen LogP contribution in [0, 0.1) is 17.9 Å². The highest BCUT2D eigenvalue weighted by molar-refractivity contribution is 6.17. The molecule has 176 valence electrons. The Balaban J connectivity index is 1.30. The lowest BCUT2D eigenvalue weighted by molar-refractivity contribution is 1.48. The van der Waals surface area contributed by atoms with Crippen LogP contribution in [0.2, 0.25) is 0 Å². The van der Waals surface area contributed by atoms with Gasteiger partial charge in [-0.25, -0.2) is 4.85 Å². The summed E-state index contributed by atoms with van der Waals surface area (Å²) in [6.45, 7) is 7.09. The fraction of sp³-hybridized carbons (Fsp3) is 0. The van der Waals surface area contributed by atoms with Gasteiger partial charge in [-0.2, -0.15) is 5.26 Å². The maximum Gasteiger partial charge on any atom is 0.187 e. The van der Waals surface area contributed by atoms with E-state index in [0.29, 0.717) is 11.3 Å². The van der Waals surface area contributed by atoms with Gasteiger partial charge in [0.1, 0.15) is 0 Å². The third-order valence-electron chi connectivity index (χ3n) is 6.88. The zero-order valence-corrected chi connectivity index (χ0v) is 20.6. The molecule has 0 N–H and O–H groups in total. The molecule has 0 heterocycles. The number of hydrogen-bond donors (Lipinski definition) is 0. The normalized spacial score (nSPS) is 11.4. The van der Waals surface area contributed by atoms with Crippen LogP contribution in [0.4, 0.5) is 5.69 Å². The molecule has 6 aromatic rings. The summed E-state index contributed by atoms with van der Waals surface area (Å²) < 4.78 is 0. The molecule has 0 spiro atoms. The number of nitriles is 1. The molecule has 0 bridgehead atoms. The molecule has 0 radical (unpaired) electrons. The van der Waals surface area contributed by atoms with E-state index in [2.05, 4.69) is 95.9 Å². The summed E-state index contributed by atoms with van der Waals surface area (Å²) in [5, 5.41) is 16.4. The predicted molar refractivity (Wildman–Crippen MR) is 161 cm³/mol. The Kier molecular flexibility index (Phi) is 5.99. The van der Waals surface area contributed by atoms with Crippen molar-refractivity contribution in [2.24, 2.45) is 0 Å². The molecule has 0 aromatic heterocycles. The molecule has 0 atom stereocenters. The fourth-order valence-corrected chi connectivity index (χ4v) is 4.85. The molecule has 6 aromatic carbocycles. The highest BCUT2D eigenvalue weighted by atomic mass is 14.6. The Labute approximate surface area is 221 Å². The van der Waals surface area contributed by atoms with Crippen LogP contribution in [-0.4, -0.2) is 0 Å². The Morgan fingerprint density at radius 1 is 0.500 bits per heavy atom. The van der Waals surface area contributed by atoms with Gasteiger partial charge in [-0.15, -0.1) is 0 Å². The first-order chi connectivity index (χ1) is 18.7. The van der Waals surface area contributed by atoms with Gasteiger partial charge in [-0.05, 0) is 78.8 Å². The standard InChI is InChI=1S/C36H22N2/c1-38-32-16-10-26(11-17-32)3-7-28-13-19-34-31(23-28)15-21-35-33-18-12-27(22-30(33)14-20-36(34)35)6-2-25-4-8-29(24-37)9-5-25/h2-23H/b6-2+,7-3+. The van der Waals surface area contributed by atoms with Crippen LogP contribution in [0.5, 0.6) is 0 Å². The maximum atomic E-state index is 8.98. The van der Waals surface area contributed by atoms with Crippen molar-refractivity contribution in [2.75, 3.05) is 0 Å². The van der Waals surface area contributed by atoms with Crippen molar-refractivity contribution in [3.63, 3.8) is 0 Å². The highest BCUT2D eigenvalue weighted by Gasteiger charge is 2.06. The molecule has 2 heteroatoms. The van der Waals surface area contributed by atoms with Crippen LogP contribution in [0.15, 0.2) is 109 Å². The Bertz CT molecular complexity index is 1810. The average Bonchev–Trinajstić information content (AvgIpc) is 2.98. The van der Waals surface area contributed by atoms with E-state index in [0.717, 1.165) is 22.3 Å². The van der Waals surface area contributed by atoms with Crippen molar-refractivity contribution < 1.29 is 0 Å². The molecule has 0 aliphatic carbocycles. The lowest BCUT2D eigenvalue weighted by atomic mass is 9.95. The third kappa shape index (κ3) is 4.56. The van der Waals surface area contributed by atoms with Crippen molar-refractivity contribution in [3.8, 4) is 6.07 Å². The van der Waals surface area contributed by atoms with E-state index in [1.807, 2.05) is 48.5 Å². The summed E-state index contributed by atoms with van der Waals surface area (Å²) in [7, 11) is 0. The average molecular weight is 483 g/mol. The second kappa shape index (κ2) is 9.90. The number of benzene rings is 6. The summed E-state index contributed by atoms with van der Waals surface area (Å²) in [5.74, 6) is 0. The van der Waals surface area contributed by atoms with Crippen molar-refractivity contribution >= 4 is 62.3 Å². The molecule has 0 aliphatic heterocycles. The van der Waals surface area contributed by atoms with Gasteiger partial charge in [0.2, 0.25) is 0 Å². The number of nitrogens with zero attached hydrogens (tertiary/aromatic N) is 2. The quantitative estimate of drug-likeness (QED) is 0.140. The van der Waals surface area contributed by atoms with Crippen molar-refractivity contribution in [2.45, 2.75) is 0 Å². The Morgan fingerprint density at radius 3 is 1.39 bits per heavy atom. The van der Waals surface area contributed by atoms with Gasteiger partial charge in [0, 0.05) is 0 Å². The third-order valence-corrected chi connectivity index (χ3v) is 6.88. The van der Waals surface area contributed by atoms with E-state index in [4.69, 9.17) is 11.8 Å². The zero-order chi connectivity index (χ0) is 25.9. The van der Waals surface area contributed by atoms with E-state index in [9.17, 15) is 0 Å². The van der Waals surface area contributed by atoms with Gasteiger partial charge in [-0.3, -0.25) is 0 Å². The van der Waals surface area contributed by atoms with Gasteiger partial charge < -0.3 is 0 Å². The monoisotopic (exact) mass is 482 g/mol. The summed E-state index contributed by atoms with van der Waals surface area (Å²) in [5.41, 5.74) is 5.76. The maximum absolute atomic E-state index is 8.98. The SMILES string of the molecule is [C-]#[N+]c1ccc(/C=C/c2ccc3c(ccc4c5ccc(/C=C/c6ccc(C#N)cc6)cc5ccc34)c2)cc1. The fourth-order valence-electron chi connectivity index (χ4n) is 4.85. The molecule has 2 nitrogen and oxygen atoms in total. The summed E-state index contributed by atoms with van der Waals surface area (Å²) in [4.78, 5) is 3.45. The van der Waals surface area contributed by atoms with Crippen LogP contribution in [0.3, 0.4) is 0 Å². The van der Waals surface area contributed by atoms with Crippen molar-refractivity contribution in [3.05, 3.63) is 148 Å². The van der Waals surface area contributed by atoms with Gasteiger partial charge >= 0.3 is 0 Å². The molecular formula is C36H22N2. The van der Waals surface area contributed by atoms with Gasteiger partial charge in [-0.1, -0.05) is 109 Å². The number of fused-ring (bicyclic) bond motifs is 5. The molecule has 0 aliphatic rings. The Morgan fingerprint density at radius 2 is 0.921 bits per heavy atom. The van der Waals surface area contributed by atoms with Gasteiger partial charge in [0.05, 0.1) is 18.2 Å². The van der Waals surface area contributed by atoms with Gasteiger partial charge in [0.25, 0.3) is 0 Å². The molecule has 0 saturated heterocycles. The summed E-state index contributed by atoms with van der Waals surface area (Å²) >= 11 is 0. The topological polar surface area (TPSA) is 28.1 Å². The number of rotatable bonds is 4. The van der Waals surface area contributed by atoms with Crippen LogP contribution in [0.1, 0.15) is 27.8 Å². The first-order valence-corrected chi connectivity index (χ1v) is 12.4. The molecule has 0 fully saturated rings. The van der Waals surface area contributed by atoms with Crippen molar-refractivity contribution in [1.82, 2.24) is 0 Å². The molecule has 6 rings (SSSR count). The Hall–Kier alpha value is -5.44. The predicted octanol–water partition coefficient (Wildman–Crippen LogP) is 9.91. The lowest BCUT2D eigenvalue weighted by Crippen LogP contribution is -1.83. The highest BCUT2D eigenvalue weighted by Crippen LogP contribution is 2.32. The van der Waals surface area contributed by atoms with Crippen LogP contribution in [0.25, 0.3) is 61.5 Å². The molecule has 0 unspecified atom stereocenters. The minimum Gasteiger partial charge on any atom is -0.238 e. The first kappa shape index (κ1) is 23.0. The van der Waals surface area contributed by atoms with Crippen LogP contribution >= 0.6 is 0 Å². The lowest BCUT2D eigenvalue weighted by Gasteiger charge is -2.09. The minimum absolute atomic E-state index is 0.656. The second-order valence-electron chi connectivity index (χ2n) is 9.29. The van der Waals surface area contributed by atoms with Gasteiger partial charge in [0.15, 0.2) is 5.69 Å². The van der Waals surface area contributed by atoms with E-state index in [1.165, 1.54) is 32.3 Å². The van der Waals surface area contributed by atoms with E-state index >= 15 is 0 Å². The molecular weight excluding hydrogens is 460 g/mol. The largest absolute Gasteiger partial charge is 0.238 e. The summed E-state index contributed by atoms with van der Waals surface area (Å²) in [6.07, 6.45) is 8.38. The number of hydrogen-bond acceptors (Lipinski definition) is 1. The second-order valence-corrected chi connectivity index (χ2v) is 9.29. The van der Waals surface area contributed by atoms with E-state index in [1.54, 1.807) is 0 Å². The van der Waals surface area contributed by atoms with Crippen LogP contribution < -0.4 is 0 Å². The minimum atomic E-state index is 0.656. The smallest absolute Gasteiger partial charge is 0.187 e. The van der Waals surface area contributed by atoms with Crippen LogP contribution in [-0.2, 0) is 0 Å². The molecule has 0 amide bonds. The first-order valence-electron chi connectivity index (χ1n) is 12.4. The van der Waals surface area contributed by atoms with Crippen molar-refractivity contribution in [1.29, 1.82) is 5.26 Å². The zero-order valence-electron chi connectivity index (χ0n) is 20.6. The van der Waals surface area contributed by atoms with E-state index in [-0.39, 0.29) is 0 Å².